The molecular formula is C25H41N7O3. The van der Waals surface area contributed by atoms with Gasteiger partial charge in [-0.15, -0.1) is 0 Å². The van der Waals surface area contributed by atoms with Crippen LogP contribution in [0.15, 0.2) is 6.07 Å². The van der Waals surface area contributed by atoms with Crippen molar-refractivity contribution in [3.63, 3.8) is 0 Å². The lowest BCUT2D eigenvalue weighted by atomic mass is 9.95. The SMILES string of the molecule is CCN1CCN(CCNC(=O)c2cc3n(n2)CC(C)(C(=O)NC2CCCCCC2)N(C)C3=O)CC1. The van der Waals surface area contributed by atoms with Crippen LogP contribution in [0.4, 0.5) is 0 Å². The summed E-state index contributed by atoms with van der Waals surface area (Å²) in [5.41, 5.74) is -0.504. The molecule has 10 heteroatoms. The molecular weight excluding hydrogens is 446 g/mol. The van der Waals surface area contributed by atoms with Gasteiger partial charge < -0.3 is 20.4 Å². The van der Waals surface area contributed by atoms with Gasteiger partial charge in [0, 0.05) is 58.4 Å². The first-order valence-electron chi connectivity index (χ1n) is 13.2. The molecule has 1 aliphatic carbocycles. The van der Waals surface area contributed by atoms with Gasteiger partial charge in [0.15, 0.2) is 5.69 Å². The van der Waals surface area contributed by atoms with E-state index >= 15 is 0 Å². The molecule has 0 spiro atoms. The second kappa shape index (κ2) is 11.1. The van der Waals surface area contributed by atoms with E-state index in [9.17, 15) is 14.4 Å². The van der Waals surface area contributed by atoms with E-state index in [2.05, 4.69) is 32.5 Å². The zero-order valence-electron chi connectivity index (χ0n) is 21.5. The van der Waals surface area contributed by atoms with E-state index < -0.39 is 5.54 Å². The number of fused-ring (bicyclic) bond motifs is 1. The summed E-state index contributed by atoms with van der Waals surface area (Å²) < 4.78 is 1.52. The van der Waals surface area contributed by atoms with Gasteiger partial charge in [-0.05, 0) is 26.3 Å². The molecule has 1 atom stereocenters. The van der Waals surface area contributed by atoms with Gasteiger partial charge in [0.1, 0.15) is 11.2 Å². The molecule has 1 saturated carbocycles. The molecule has 0 bridgehead atoms. The number of nitrogens with zero attached hydrogens (tertiary/aromatic N) is 5. The summed E-state index contributed by atoms with van der Waals surface area (Å²) in [7, 11) is 1.66. The number of aromatic nitrogens is 2. The van der Waals surface area contributed by atoms with Crippen molar-refractivity contribution < 1.29 is 14.4 Å². The quantitative estimate of drug-likeness (QED) is 0.555. The molecule has 1 unspecified atom stereocenters. The first-order valence-corrected chi connectivity index (χ1v) is 13.2. The normalized spacial score (nSPS) is 24.7. The summed E-state index contributed by atoms with van der Waals surface area (Å²) >= 11 is 0. The largest absolute Gasteiger partial charge is 0.351 e. The number of amides is 3. The van der Waals surface area contributed by atoms with Crippen molar-refractivity contribution in [2.45, 2.75) is 70.5 Å². The van der Waals surface area contributed by atoms with Gasteiger partial charge in [0.25, 0.3) is 11.8 Å². The molecule has 35 heavy (non-hydrogen) atoms. The molecule has 1 aromatic heterocycles. The fourth-order valence-electron chi connectivity index (χ4n) is 5.35. The van der Waals surface area contributed by atoms with Gasteiger partial charge >= 0.3 is 0 Å². The van der Waals surface area contributed by atoms with Gasteiger partial charge in [0.05, 0.1) is 6.54 Å². The maximum Gasteiger partial charge on any atom is 0.272 e. The molecule has 4 rings (SSSR count). The summed E-state index contributed by atoms with van der Waals surface area (Å²) in [5.74, 6) is -0.746. The smallest absolute Gasteiger partial charge is 0.272 e. The highest BCUT2D eigenvalue weighted by molar-refractivity contribution is 6.01. The third kappa shape index (κ3) is 5.69. The van der Waals surface area contributed by atoms with Crippen LogP contribution in [0, 0.1) is 0 Å². The zero-order valence-corrected chi connectivity index (χ0v) is 21.5. The number of rotatable bonds is 7. The van der Waals surface area contributed by atoms with Gasteiger partial charge in [-0.2, -0.15) is 5.10 Å². The average molecular weight is 488 g/mol. The minimum absolute atomic E-state index is 0.149. The summed E-state index contributed by atoms with van der Waals surface area (Å²) in [5, 5.41) is 10.5. The molecule has 10 nitrogen and oxygen atoms in total. The van der Waals surface area contributed by atoms with Crippen LogP contribution in [0.1, 0.15) is 73.3 Å². The predicted molar refractivity (Wildman–Crippen MR) is 133 cm³/mol. The first kappa shape index (κ1) is 25.6. The van der Waals surface area contributed by atoms with E-state index in [1.165, 1.54) is 28.5 Å². The summed E-state index contributed by atoms with van der Waals surface area (Å²) in [6.07, 6.45) is 6.61. The van der Waals surface area contributed by atoms with Crippen LogP contribution in [-0.4, -0.2) is 107 Å². The second-order valence-corrected chi connectivity index (χ2v) is 10.4. The monoisotopic (exact) mass is 487 g/mol. The Bertz CT molecular complexity index is 916. The van der Waals surface area contributed by atoms with Crippen molar-refractivity contribution in [2.24, 2.45) is 0 Å². The fraction of sp³-hybridized carbons (Fsp3) is 0.760. The third-order valence-electron chi connectivity index (χ3n) is 8.04. The highest BCUT2D eigenvalue weighted by Gasteiger charge is 2.46. The number of carbonyl (C=O) groups is 3. The number of piperazine rings is 1. The lowest BCUT2D eigenvalue weighted by Crippen LogP contribution is -2.63. The Balaban J connectivity index is 1.35. The number of hydrogen-bond donors (Lipinski definition) is 2. The molecule has 0 aromatic carbocycles. The number of hydrogen-bond acceptors (Lipinski definition) is 6. The molecule has 1 saturated heterocycles. The van der Waals surface area contributed by atoms with E-state index in [1.54, 1.807) is 14.0 Å². The Hall–Kier alpha value is -2.46. The van der Waals surface area contributed by atoms with Crippen molar-refractivity contribution in [1.29, 1.82) is 0 Å². The van der Waals surface area contributed by atoms with Crippen molar-refractivity contribution >= 4 is 17.7 Å². The van der Waals surface area contributed by atoms with Crippen molar-refractivity contribution in [2.75, 3.05) is 52.9 Å². The topological polar surface area (TPSA) is 103 Å². The van der Waals surface area contributed by atoms with Crippen molar-refractivity contribution in [1.82, 2.24) is 35.1 Å². The molecule has 194 valence electrons. The maximum absolute atomic E-state index is 13.3. The van der Waals surface area contributed by atoms with E-state index in [0.29, 0.717) is 12.2 Å². The minimum Gasteiger partial charge on any atom is -0.351 e. The Labute approximate surface area is 208 Å². The molecule has 3 aliphatic rings. The van der Waals surface area contributed by atoms with E-state index in [1.807, 2.05) is 0 Å². The van der Waals surface area contributed by atoms with Crippen LogP contribution < -0.4 is 10.6 Å². The summed E-state index contributed by atoms with van der Waals surface area (Å²) in [4.78, 5) is 45.5. The molecule has 1 aromatic rings. The lowest BCUT2D eigenvalue weighted by molar-refractivity contribution is -0.133. The van der Waals surface area contributed by atoms with Crippen LogP contribution in [0.5, 0.6) is 0 Å². The standard InChI is InChI=1S/C25H41N7O3/c1-4-30-13-15-31(16-14-30)12-11-26-22(33)20-17-21-23(34)29(3)25(2,18-32(21)28-20)24(35)27-19-9-7-5-6-8-10-19/h17,19H,4-16,18H2,1-3H3,(H,26,33)(H,27,35). The molecule has 3 amide bonds. The van der Waals surface area contributed by atoms with E-state index in [0.717, 1.165) is 65.0 Å². The molecule has 2 fully saturated rings. The number of carbonyl (C=O) groups excluding carboxylic acids is 3. The molecule has 3 heterocycles. The van der Waals surface area contributed by atoms with Gasteiger partial charge in [-0.3, -0.25) is 24.0 Å². The van der Waals surface area contributed by atoms with Gasteiger partial charge in [-0.1, -0.05) is 32.6 Å². The van der Waals surface area contributed by atoms with Crippen LogP contribution >= 0.6 is 0 Å². The van der Waals surface area contributed by atoms with Crippen LogP contribution in [0.25, 0.3) is 0 Å². The highest BCUT2D eigenvalue weighted by atomic mass is 16.2. The predicted octanol–water partition coefficient (Wildman–Crippen LogP) is 0.934. The van der Waals surface area contributed by atoms with Crippen molar-refractivity contribution in [3.05, 3.63) is 17.5 Å². The van der Waals surface area contributed by atoms with Crippen molar-refractivity contribution in [3.8, 4) is 0 Å². The Kier molecular flexibility index (Phi) is 8.11. The minimum atomic E-state index is -1.06. The Morgan fingerprint density at radius 1 is 1.09 bits per heavy atom. The maximum atomic E-state index is 13.3. The second-order valence-electron chi connectivity index (χ2n) is 10.4. The summed E-state index contributed by atoms with van der Waals surface area (Å²) in [6, 6.07) is 1.69. The fourth-order valence-corrected chi connectivity index (χ4v) is 5.35. The number of nitrogens with one attached hydrogen (secondary N) is 2. The molecule has 2 N–H and O–H groups in total. The summed E-state index contributed by atoms with van der Waals surface area (Å²) in [6.45, 7) is 10.7. The van der Waals surface area contributed by atoms with Gasteiger partial charge in [-0.25, -0.2) is 0 Å². The van der Waals surface area contributed by atoms with Crippen LogP contribution in [0.3, 0.4) is 0 Å². The highest BCUT2D eigenvalue weighted by Crippen LogP contribution is 2.27. The first-order chi connectivity index (χ1) is 16.8. The molecule has 2 aliphatic heterocycles. The van der Waals surface area contributed by atoms with E-state index in [-0.39, 0.29) is 36.0 Å². The van der Waals surface area contributed by atoms with Gasteiger partial charge in [0.2, 0.25) is 5.91 Å². The molecule has 0 radical (unpaired) electrons. The van der Waals surface area contributed by atoms with Crippen LogP contribution in [0.2, 0.25) is 0 Å². The average Bonchev–Trinajstić information content (AvgIpc) is 3.11. The Morgan fingerprint density at radius 3 is 2.40 bits per heavy atom. The zero-order chi connectivity index (χ0) is 25.0. The Morgan fingerprint density at radius 2 is 1.74 bits per heavy atom. The van der Waals surface area contributed by atoms with Crippen LogP contribution in [-0.2, 0) is 11.3 Å². The van der Waals surface area contributed by atoms with E-state index in [4.69, 9.17) is 0 Å². The lowest BCUT2D eigenvalue weighted by Gasteiger charge is -2.41. The number of likely N-dealkylation sites (N-methyl/N-ethyl adjacent to an activating group) is 2. The third-order valence-corrected chi connectivity index (χ3v) is 8.04.